The van der Waals surface area contributed by atoms with Crippen molar-refractivity contribution in [3.63, 3.8) is 0 Å². The van der Waals surface area contributed by atoms with Gasteiger partial charge in [-0.25, -0.2) is 4.39 Å². The summed E-state index contributed by atoms with van der Waals surface area (Å²) in [4.78, 5) is 49.7. The molecular formula is C21H16Cl2FN3O4S. The lowest BCUT2D eigenvalue weighted by atomic mass is 10.2. The maximum Gasteiger partial charge on any atom is 0.293 e. The molecule has 7 nitrogen and oxygen atoms in total. The molecule has 0 saturated carbocycles. The minimum Gasteiger partial charge on any atom is -0.353 e. The summed E-state index contributed by atoms with van der Waals surface area (Å²) >= 11 is 12.4. The van der Waals surface area contributed by atoms with Gasteiger partial charge in [0.15, 0.2) is 0 Å². The van der Waals surface area contributed by atoms with E-state index in [0.717, 1.165) is 4.90 Å². The first-order valence-electron chi connectivity index (χ1n) is 9.26. The molecule has 11 heteroatoms. The van der Waals surface area contributed by atoms with Crippen LogP contribution in [0, 0.1) is 5.82 Å². The van der Waals surface area contributed by atoms with Gasteiger partial charge in [-0.05, 0) is 42.1 Å². The summed E-state index contributed by atoms with van der Waals surface area (Å²) < 4.78 is 13.8. The summed E-state index contributed by atoms with van der Waals surface area (Å²) in [6, 6.07) is 10.2. The quantitative estimate of drug-likeness (QED) is 0.570. The van der Waals surface area contributed by atoms with Crippen LogP contribution in [0.1, 0.15) is 15.9 Å². The molecule has 0 unspecified atom stereocenters. The third kappa shape index (κ3) is 5.87. The van der Waals surface area contributed by atoms with Gasteiger partial charge in [0.25, 0.3) is 17.1 Å². The Labute approximate surface area is 196 Å². The molecule has 1 saturated heterocycles. The molecule has 166 valence electrons. The lowest BCUT2D eigenvalue weighted by molar-refractivity contribution is -0.124. The van der Waals surface area contributed by atoms with Gasteiger partial charge in [-0.2, -0.15) is 0 Å². The lowest BCUT2D eigenvalue weighted by Crippen LogP contribution is -2.41. The molecule has 0 aliphatic carbocycles. The van der Waals surface area contributed by atoms with Crippen LogP contribution in [-0.2, 0) is 9.59 Å². The van der Waals surface area contributed by atoms with Crippen molar-refractivity contribution >= 4 is 64.0 Å². The zero-order valence-electron chi connectivity index (χ0n) is 16.4. The van der Waals surface area contributed by atoms with E-state index in [1.54, 1.807) is 6.07 Å². The fraction of sp³-hybridized carbons (Fsp3) is 0.143. The Balaban J connectivity index is 1.48. The average molecular weight is 496 g/mol. The van der Waals surface area contributed by atoms with Crippen LogP contribution in [-0.4, -0.2) is 47.5 Å². The number of hydrogen-bond acceptors (Lipinski definition) is 5. The first-order chi connectivity index (χ1) is 15.3. The van der Waals surface area contributed by atoms with Gasteiger partial charge in [-0.1, -0.05) is 41.4 Å². The van der Waals surface area contributed by atoms with Gasteiger partial charge in [-0.3, -0.25) is 24.1 Å². The van der Waals surface area contributed by atoms with Crippen molar-refractivity contribution in [1.29, 1.82) is 0 Å². The predicted octanol–water partition coefficient (Wildman–Crippen LogP) is 3.72. The van der Waals surface area contributed by atoms with Crippen molar-refractivity contribution in [2.75, 3.05) is 19.6 Å². The molecule has 1 heterocycles. The highest BCUT2D eigenvalue weighted by Gasteiger charge is 2.34. The summed E-state index contributed by atoms with van der Waals surface area (Å²) in [6.07, 6.45) is 1.32. The molecule has 4 amide bonds. The molecule has 2 N–H and O–H groups in total. The Morgan fingerprint density at radius 2 is 1.84 bits per heavy atom. The monoisotopic (exact) mass is 495 g/mol. The number of halogens is 3. The van der Waals surface area contributed by atoms with Crippen LogP contribution in [0.3, 0.4) is 0 Å². The number of nitrogens with one attached hydrogen (secondary N) is 2. The third-order valence-electron chi connectivity index (χ3n) is 4.31. The fourth-order valence-corrected chi connectivity index (χ4v) is 4.08. The van der Waals surface area contributed by atoms with Crippen LogP contribution in [0.25, 0.3) is 6.08 Å². The van der Waals surface area contributed by atoms with Crippen LogP contribution in [0.4, 0.5) is 9.18 Å². The zero-order valence-corrected chi connectivity index (χ0v) is 18.7. The number of imide groups is 1. The molecule has 2 aromatic rings. The van der Waals surface area contributed by atoms with E-state index in [9.17, 15) is 23.6 Å². The second kappa shape index (κ2) is 10.6. The van der Waals surface area contributed by atoms with Crippen molar-refractivity contribution in [2.45, 2.75) is 0 Å². The molecule has 1 aliphatic heterocycles. The second-order valence-electron chi connectivity index (χ2n) is 6.51. The van der Waals surface area contributed by atoms with Gasteiger partial charge in [0, 0.05) is 23.7 Å². The summed E-state index contributed by atoms with van der Waals surface area (Å²) in [7, 11) is 0. The molecule has 0 spiro atoms. The van der Waals surface area contributed by atoms with E-state index >= 15 is 0 Å². The van der Waals surface area contributed by atoms with Crippen LogP contribution in [0.2, 0.25) is 10.0 Å². The van der Waals surface area contributed by atoms with Gasteiger partial charge in [-0.15, -0.1) is 0 Å². The molecule has 32 heavy (non-hydrogen) atoms. The minimum atomic E-state index is -0.566. The topological polar surface area (TPSA) is 95.6 Å². The number of thioether (sulfide) groups is 1. The number of amides is 4. The van der Waals surface area contributed by atoms with Crippen molar-refractivity contribution in [3.8, 4) is 0 Å². The normalized spacial score (nSPS) is 14.7. The Morgan fingerprint density at radius 3 is 2.56 bits per heavy atom. The maximum atomic E-state index is 13.8. The van der Waals surface area contributed by atoms with Gasteiger partial charge in [0.05, 0.1) is 22.0 Å². The highest BCUT2D eigenvalue weighted by Crippen LogP contribution is 2.32. The van der Waals surface area contributed by atoms with Crippen molar-refractivity contribution < 1.29 is 23.6 Å². The Bertz CT molecular complexity index is 1130. The first kappa shape index (κ1) is 23.8. The number of rotatable bonds is 7. The maximum absolute atomic E-state index is 13.8. The first-order valence-corrected chi connectivity index (χ1v) is 10.8. The fourth-order valence-electron chi connectivity index (χ4n) is 2.73. The predicted molar refractivity (Wildman–Crippen MR) is 121 cm³/mol. The summed E-state index contributed by atoms with van der Waals surface area (Å²) in [5.41, 5.74) is 0.367. The molecule has 1 aliphatic rings. The number of carbonyl (C=O) groups excluding carboxylic acids is 4. The summed E-state index contributed by atoms with van der Waals surface area (Å²) in [6.45, 7) is -0.406. The summed E-state index contributed by atoms with van der Waals surface area (Å²) in [5.74, 6) is -2.14. The Morgan fingerprint density at radius 1 is 1.09 bits per heavy atom. The highest BCUT2D eigenvalue weighted by atomic mass is 35.5. The molecule has 0 aromatic heterocycles. The van der Waals surface area contributed by atoms with E-state index < -0.39 is 28.8 Å². The molecule has 0 atom stereocenters. The van der Waals surface area contributed by atoms with E-state index in [4.69, 9.17) is 23.2 Å². The number of carbonyl (C=O) groups is 4. The van der Waals surface area contributed by atoms with E-state index in [1.807, 2.05) is 0 Å². The van der Waals surface area contributed by atoms with E-state index in [1.165, 1.54) is 42.5 Å². The van der Waals surface area contributed by atoms with E-state index in [2.05, 4.69) is 10.6 Å². The minimum absolute atomic E-state index is 0.0125. The molecule has 0 bridgehead atoms. The third-order valence-corrected chi connectivity index (χ3v) is 5.76. The van der Waals surface area contributed by atoms with Crippen LogP contribution in [0.15, 0.2) is 47.4 Å². The van der Waals surface area contributed by atoms with E-state index in [0.29, 0.717) is 16.8 Å². The molecule has 1 fully saturated rings. The van der Waals surface area contributed by atoms with Gasteiger partial charge >= 0.3 is 0 Å². The van der Waals surface area contributed by atoms with Crippen LogP contribution in [0.5, 0.6) is 0 Å². The molecular weight excluding hydrogens is 480 g/mol. The number of benzene rings is 2. The van der Waals surface area contributed by atoms with Crippen molar-refractivity contribution in [2.24, 2.45) is 0 Å². The van der Waals surface area contributed by atoms with Gasteiger partial charge < -0.3 is 10.6 Å². The SMILES string of the molecule is O=C(CNC(=O)c1ccc(Cl)cc1Cl)NCCN1C(=O)SC(=Cc2ccccc2F)C1=O. The van der Waals surface area contributed by atoms with Gasteiger partial charge in [0.1, 0.15) is 5.82 Å². The number of nitrogens with zero attached hydrogens (tertiary/aromatic N) is 1. The Hall–Kier alpha value is -2.88. The molecule has 0 radical (unpaired) electrons. The average Bonchev–Trinajstić information content (AvgIpc) is 3.01. The van der Waals surface area contributed by atoms with Crippen LogP contribution < -0.4 is 10.6 Å². The summed E-state index contributed by atoms with van der Waals surface area (Å²) in [5, 5.41) is 4.94. The van der Waals surface area contributed by atoms with Crippen LogP contribution >= 0.6 is 35.0 Å². The largest absolute Gasteiger partial charge is 0.353 e. The highest BCUT2D eigenvalue weighted by molar-refractivity contribution is 8.18. The number of hydrogen-bond donors (Lipinski definition) is 2. The Kier molecular flexibility index (Phi) is 7.89. The molecule has 3 rings (SSSR count). The smallest absolute Gasteiger partial charge is 0.293 e. The second-order valence-corrected chi connectivity index (χ2v) is 8.35. The standard InChI is InChI=1S/C21H16Cl2FN3O4S/c22-13-5-6-14(15(23)10-13)19(29)26-11-18(28)25-7-8-27-20(30)17(32-21(27)31)9-12-3-1-2-4-16(12)24/h1-6,9-10H,7-8,11H2,(H,25,28)(H,26,29). The zero-order chi connectivity index (χ0) is 23.3. The molecule has 2 aromatic carbocycles. The lowest BCUT2D eigenvalue weighted by Gasteiger charge is -2.13. The van der Waals surface area contributed by atoms with Gasteiger partial charge in [0.2, 0.25) is 5.91 Å². The van der Waals surface area contributed by atoms with Crippen molar-refractivity contribution in [3.05, 3.63) is 74.4 Å². The van der Waals surface area contributed by atoms with E-state index in [-0.39, 0.29) is 40.7 Å². The van der Waals surface area contributed by atoms with Crippen molar-refractivity contribution in [1.82, 2.24) is 15.5 Å².